The number of halogens is 2. The molecule has 0 saturated heterocycles. The van der Waals surface area contributed by atoms with E-state index >= 15 is 0 Å². The zero-order chi connectivity index (χ0) is 23.4. The summed E-state index contributed by atoms with van der Waals surface area (Å²) in [6.45, 7) is 3.85. The van der Waals surface area contributed by atoms with Gasteiger partial charge in [0.1, 0.15) is 29.0 Å². The molecule has 0 aliphatic heterocycles. The molecule has 2 aliphatic rings. The number of benzene rings is 2. The molecule has 0 heterocycles. The molecule has 0 N–H and O–H groups in total. The smallest absolute Gasteiger partial charge is 0.343 e. The first-order chi connectivity index (χ1) is 16.0. The molecule has 2 fully saturated rings. The second-order valence-electron chi connectivity index (χ2n) is 9.46. The fourth-order valence-electron chi connectivity index (χ4n) is 5.68. The molecule has 2 aromatic carbocycles. The monoisotopic (exact) mass is 449 g/mol. The number of rotatable bonds is 6. The van der Waals surface area contributed by atoms with Crippen molar-refractivity contribution in [3.63, 3.8) is 0 Å². The lowest BCUT2D eigenvalue weighted by molar-refractivity contribution is 0.0734. The minimum Gasteiger partial charge on any atom is -0.423 e. The molecule has 4 rings (SSSR count). The van der Waals surface area contributed by atoms with Gasteiger partial charge in [-0.2, -0.15) is 5.26 Å². The van der Waals surface area contributed by atoms with E-state index in [1.54, 1.807) is 12.1 Å². The number of fused-ring (bicyclic) bond motifs is 1. The number of carbonyl (C=O) groups excluding carboxylic acids is 1. The lowest BCUT2D eigenvalue weighted by Crippen LogP contribution is -2.30. The van der Waals surface area contributed by atoms with E-state index in [9.17, 15) is 13.6 Å². The van der Waals surface area contributed by atoms with Crippen LogP contribution in [0.1, 0.15) is 78.8 Å². The van der Waals surface area contributed by atoms with Crippen molar-refractivity contribution in [2.24, 2.45) is 17.8 Å². The molecule has 2 aliphatic carbocycles. The average molecular weight is 450 g/mol. The molecule has 33 heavy (non-hydrogen) atoms. The van der Waals surface area contributed by atoms with E-state index in [1.165, 1.54) is 56.6 Å². The van der Waals surface area contributed by atoms with Gasteiger partial charge in [0.15, 0.2) is 0 Å². The van der Waals surface area contributed by atoms with Gasteiger partial charge in [0.2, 0.25) is 0 Å². The highest BCUT2D eigenvalue weighted by atomic mass is 19.1. The standard InChI is InChI=1S/C28H29F2NO2/c1-2-3-4-18-5-6-23-14-22(12-11-21(23)13-18)19-7-9-20(10-8-19)28(32)33-24-15-26(29)25(17-31)27(30)16-24/h2,7-10,15-16,18,21-23H,1,3-6,11-14H2. The van der Waals surface area contributed by atoms with Crippen LogP contribution in [0.5, 0.6) is 5.75 Å². The van der Waals surface area contributed by atoms with Crippen LogP contribution < -0.4 is 4.74 Å². The van der Waals surface area contributed by atoms with Crippen molar-refractivity contribution in [1.29, 1.82) is 5.26 Å². The highest BCUT2D eigenvalue weighted by molar-refractivity contribution is 5.91. The Morgan fingerprint density at radius 2 is 1.73 bits per heavy atom. The molecule has 0 bridgehead atoms. The second kappa shape index (κ2) is 10.3. The van der Waals surface area contributed by atoms with Crippen molar-refractivity contribution in [2.45, 2.75) is 57.3 Å². The first-order valence-corrected chi connectivity index (χ1v) is 11.8. The van der Waals surface area contributed by atoms with Crippen LogP contribution in [0.15, 0.2) is 49.1 Å². The zero-order valence-corrected chi connectivity index (χ0v) is 18.7. The minimum atomic E-state index is -1.05. The Balaban J connectivity index is 1.36. The van der Waals surface area contributed by atoms with E-state index in [1.807, 2.05) is 18.2 Å². The summed E-state index contributed by atoms with van der Waals surface area (Å²) in [6, 6.07) is 10.5. The number of ether oxygens (including phenoxy) is 1. The van der Waals surface area contributed by atoms with Crippen LogP contribution in [-0.2, 0) is 0 Å². The Kier molecular flexibility index (Phi) is 7.23. The van der Waals surface area contributed by atoms with Gasteiger partial charge in [-0.25, -0.2) is 13.6 Å². The normalized spacial score (nSPS) is 24.4. The fraction of sp³-hybridized carbons (Fsp3) is 0.429. The van der Waals surface area contributed by atoms with E-state index < -0.39 is 23.2 Å². The van der Waals surface area contributed by atoms with Gasteiger partial charge in [-0.1, -0.05) is 24.6 Å². The van der Waals surface area contributed by atoms with Gasteiger partial charge in [-0.05, 0) is 86.3 Å². The summed E-state index contributed by atoms with van der Waals surface area (Å²) < 4.78 is 32.6. The van der Waals surface area contributed by atoms with Crippen LogP contribution in [0.3, 0.4) is 0 Å². The van der Waals surface area contributed by atoms with Crippen LogP contribution in [0, 0.1) is 40.7 Å². The Bertz CT molecular complexity index is 1030. The summed E-state index contributed by atoms with van der Waals surface area (Å²) in [6.07, 6.45) is 12.0. The molecule has 3 nitrogen and oxygen atoms in total. The molecule has 4 unspecified atom stereocenters. The van der Waals surface area contributed by atoms with Gasteiger partial charge in [-0.3, -0.25) is 0 Å². The van der Waals surface area contributed by atoms with Crippen molar-refractivity contribution < 1.29 is 18.3 Å². The van der Waals surface area contributed by atoms with Crippen molar-refractivity contribution in [2.75, 3.05) is 0 Å². The predicted octanol–water partition coefficient (Wildman–Crippen LogP) is 7.32. The maximum Gasteiger partial charge on any atom is 0.343 e. The van der Waals surface area contributed by atoms with E-state index in [0.717, 1.165) is 36.3 Å². The summed E-state index contributed by atoms with van der Waals surface area (Å²) in [5.74, 6) is -0.0811. The quantitative estimate of drug-likeness (QED) is 0.264. The Morgan fingerprint density at radius 1 is 1.06 bits per heavy atom. The van der Waals surface area contributed by atoms with Gasteiger partial charge in [0.05, 0.1) is 5.56 Å². The Hall–Kier alpha value is -3.00. The largest absolute Gasteiger partial charge is 0.423 e. The van der Waals surface area contributed by atoms with Crippen molar-refractivity contribution in [3.05, 3.63) is 77.4 Å². The van der Waals surface area contributed by atoms with Crippen LogP contribution in [0.2, 0.25) is 0 Å². The van der Waals surface area contributed by atoms with E-state index in [4.69, 9.17) is 10.00 Å². The maximum atomic E-state index is 13.8. The van der Waals surface area contributed by atoms with Gasteiger partial charge >= 0.3 is 5.97 Å². The SMILES string of the molecule is C=CCCC1CCC2CC(c3ccc(C(=O)Oc4cc(F)c(C#N)c(F)c4)cc3)CCC2C1. The third-order valence-electron chi connectivity index (χ3n) is 7.46. The summed E-state index contributed by atoms with van der Waals surface area (Å²) in [5.41, 5.74) is 0.855. The Morgan fingerprint density at radius 3 is 2.39 bits per heavy atom. The van der Waals surface area contributed by atoms with Crippen LogP contribution in [0.25, 0.3) is 0 Å². The molecular formula is C28H29F2NO2. The van der Waals surface area contributed by atoms with Crippen molar-refractivity contribution in [3.8, 4) is 11.8 Å². The molecule has 0 aromatic heterocycles. The second-order valence-corrected chi connectivity index (χ2v) is 9.46. The number of nitriles is 1. The highest BCUT2D eigenvalue weighted by Crippen LogP contribution is 2.48. The number of carbonyl (C=O) groups is 1. The third-order valence-corrected chi connectivity index (χ3v) is 7.46. The van der Waals surface area contributed by atoms with E-state index in [0.29, 0.717) is 11.5 Å². The topological polar surface area (TPSA) is 50.1 Å². The molecule has 4 atom stereocenters. The third kappa shape index (κ3) is 5.33. The van der Waals surface area contributed by atoms with Crippen LogP contribution in [0.4, 0.5) is 8.78 Å². The molecule has 2 aromatic rings. The molecule has 0 radical (unpaired) electrons. The molecular weight excluding hydrogens is 420 g/mol. The lowest BCUT2D eigenvalue weighted by Gasteiger charge is -2.42. The summed E-state index contributed by atoms with van der Waals surface area (Å²) in [5, 5.41) is 8.75. The first-order valence-electron chi connectivity index (χ1n) is 11.8. The maximum absolute atomic E-state index is 13.8. The van der Waals surface area contributed by atoms with Gasteiger partial charge in [0, 0.05) is 12.1 Å². The minimum absolute atomic E-state index is 0.264. The predicted molar refractivity (Wildman–Crippen MR) is 123 cm³/mol. The summed E-state index contributed by atoms with van der Waals surface area (Å²) in [7, 11) is 0. The number of allylic oxidation sites excluding steroid dienone is 1. The zero-order valence-electron chi connectivity index (χ0n) is 18.7. The first kappa shape index (κ1) is 23.2. The number of esters is 1. The van der Waals surface area contributed by atoms with Gasteiger partial charge in [0.25, 0.3) is 0 Å². The molecule has 2 saturated carbocycles. The van der Waals surface area contributed by atoms with Crippen molar-refractivity contribution >= 4 is 5.97 Å². The number of nitrogens with zero attached hydrogens (tertiary/aromatic N) is 1. The number of hydrogen-bond donors (Lipinski definition) is 0. The van der Waals surface area contributed by atoms with Crippen LogP contribution in [-0.4, -0.2) is 5.97 Å². The molecule has 0 amide bonds. The van der Waals surface area contributed by atoms with E-state index in [2.05, 4.69) is 6.58 Å². The van der Waals surface area contributed by atoms with Crippen LogP contribution >= 0.6 is 0 Å². The van der Waals surface area contributed by atoms with Crippen molar-refractivity contribution in [1.82, 2.24) is 0 Å². The molecule has 5 heteroatoms. The summed E-state index contributed by atoms with van der Waals surface area (Å²) >= 11 is 0. The fourth-order valence-corrected chi connectivity index (χ4v) is 5.68. The molecule has 172 valence electrons. The van der Waals surface area contributed by atoms with Gasteiger partial charge in [-0.15, -0.1) is 6.58 Å². The van der Waals surface area contributed by atoms with E-state index in [-0.39, 0.29) is 5.75 Å². The average Bonchev–Trinajstić information content (AvgIpc) is 2.82. The lowest BCUT2D eigenvalue weighted by atomic mass is 9.63. The Labute approximate surface area is 194 Å². The number of hydrogen-bond acceptors (Lipinski definition) is 3. The summed E-state index contributed by atoms with van der Waals surface area (Å²) in [4.78, 5) is 12.4. The van der Waals surface area contributed by atoms with Gasteiger partial charge < -0.3 is 4.74 Å². The molecule has 0 spiro atoms. The highest BCUT2D eigenvalue weighted by Gasteiger charge is 2.35.